The van der Waals surface area contributed by atoms with Crippen molar-refractivity contribution in [2.24, 2.45) is 0 Å². The number of rotatable bonds is 13. The van der Waals surface area contributed by atoms with Crippen LogP contribution in [0.5, 0.6) is 0 Å². The highest BCUT2D eigenvalue weighted by Crippen LogP contribution is 2.33. The maximum atomic E-state index is 6.66. The van der Waals surface area contributed by atoms with Crippen LogP contribution in [0.4, 0.5) is 0 Å². The number of ether oxygens (including phenoxy) is 5. The van der Waals surface area contributed by atoms with Crippen molar-refractivity contribution in [3.8, 4) is 0 Å². The van der Waals surface area contributed by atoms with E-state index >= 15 is 0 Å². The van der Waals surface area contributed by atoms with Crippen molar-refractivity contribution in [1.29, 1.82) is 0 Å². The van der Waals surface area contributed by atoms with Gasteiger partial charge in [0.25, 0.3) is 0 Å². The van der Waals surface area contributed by atoms with E-state index in [9.17, 15) is 0 Å². The van der Waals surface area contributed by atoms with E-state index in [0.717, 1.165) is 22.3 Å². The zero-order valence-electron chi connectivity index (χ0n) is 22.6. The van der Waals surface area contributed by atoms with Gasteiger partial charge in [-0.2, -0.15) is 0 Å². The quantitative estimate of drug-likeness (QED) is 0.172. The topological polar surface area (TPSA) is 46.2 Å². The van der Waals surface area contributed by atoms with Crippen LogP contribution >= 0.6 is 0 Å². The van der Waals surface area contributed by atoms with Crippen molar-refractivity contribution in [3.63, 3.8) is 0 Å². The number of hydrogen-bond donors (Lipinski definition) is 0. The van der Waals surface area contributed by atoms with Crippen LogP contribution in [0.3, 0.4) is 0 Å². The molecular formula is C35H36O5. The van der Waals surface area contributed by atoms with Gasteiger partial charge in [-0.25, -0.2) is 0 Å². The summed E-state index contributed by atoms with van der Waals surface area (Å²) < 4.78 is 32.3. The summed E-state index contributed by atoms with van der Waals surface area (Å²) in [5.74, 6) is 0. The van der Waals surface area contributed by atoms with Gasteiger partial charge in [-0.3, -0.25) is 0 Å². The molecule has 0 amide bonds. The highest BCUT2D eigenvalue weighted by atomic mass is 16.7. The van der Waals surface area contributed by atoms with Crippen molar-refractivity contribution in [3.05, 3.63) is 156 Å². The van der Waals surface area contributed by atoms with Crippen LogP contribution in [0.1, 0.15) is 28.5 Å². The molecule has 1 heterocycles. The van der Waals surface area contributed by atoms with Crippen molar-refractivity contribution >= 4 is 0 Å². The Morgan fingerprint density at radius 2 is 1.18 bits per heavy atom. The lowest BCUT2D eigenvalue weighted by Gasteiger charge is -2.42. The first-order chi connectivity index (χ1) is 19.8. The predicted molar refractivity (Wildman–Crippen MR) is 155 cm³/mol. The summed E-state index contributed by atoms with van der Waals surface area (Å²) in [4.78, 5) is 0. The van der Waals surface area contributed by atoms with Crippen molar-refractivity contribution in [2.45, 2.75) is 50.5 Å². The summed E-state index contributed by atoms with van der Waals surface area (Å²) >= 11 is 0. The lowest BCUT2D eigenvalue weighted by molar-refractivity contribution is -0.298. The minimum Gasteiger partial charge on any atom is -0.368 e. The van der Waals surface area contributed by atoms with Gasteiger partial charge in [0.2, 0.25) is 0 Å². The van der Waals surface area contributed by atoms with Gasteiger partial charge in [0.05, 0.1) is 26.4 Å². The van der Waals surface area contributed by atoms with Gasteiger partial charge < -0.3 is 23.7 Å². The molecule has 0 spiro atoms. The third-order valence-electron chi connectivity index (χ3n) is 6.89. The van der Waals surface area contributed by atoms with Gasteiger partial charge in [-0.05, 0) is 16.7 Å². The Hall–Kier alpha value is -3.58. The highest BCUT2D eigenvalue weighted by molar-refractivity contribution is 5.18. The molecule has 4 aromatic rings. The minimum absolute atomic E-state index is 0.352. The monoisotopic (exact) mass is 536 g/mol. The average Bonchev–Trinajstić information content (AvgIpc) is 3.03. The van der Waals surface area contributed by atoms with Crippen LogP contribution < -0.4 is 0 Å². The molecule has 0 unspecified atom stereocenters. The fraction of sp³-hybridized carbons (Fsp3) is 0.257. The van der Waals surface area contributed by atoms with Gasteiger partial charge in [-0.1, -0.05) is 127 Å². The molecule has 1 aliphatic rings. The maximum Gasteiger partial charge on any atom is 0.184 e. The van der Waals surface area contributed by atoms with Crippen molar-refractivity contribution in [2.75, 3.05) is 6.61 Å². The molecule has 5 atom stereocenters. The molecule has 0 radical (unpaired) electrons. The second kappa shape index (κ2) is 14.7. The maximum absolute atomic E-state index is 6.66. The first-order valence-corrected chi connectivity index (χ1v) is 13.7. The lowest BCUT2D eigenvalue weighted by Crippen LogP contribution is -2.53. The van der Waals surface area contributed by atoms with E-state index in [2.05, 4.69) is 6.58 Å². The molecule has 1 saturated heterocycles. The van der Waals surface area contributed by atoms with Gasteiger partial charge in [-0.15, -0.1) is 6.58 Å². The SMILES string of the molecule is C=C[C@@H](OCc1ccccc1)[C@@H](OCc1ccccc1)[C@@H]1O[C@@H](c2ccccc2)OC[C@H]1OCc1ccccc1. The predicted octanol–water partition coefficient (Wildman–Crippen LogP) is 7.04. The van der Waals surface area contributed by atoms with Crippen molar-refractivity contribution < 1.29 is 23.7 Å². The summed E-state index contributed by atoms with van der Waals surface area (Å²) in [7, 11) is 0. The zero-order valence-corrected chi connectivity index (χ0v) is 22.6. The molecule has 0 aromatic heterocycles. The molecule has 5 rings (SSSR count). The molecule has 0 N–H and O–H groups in total. The van der Waals surface area contributed by atoms with E-state index in [1.807, 2.05) is 121 Å². The van der Waals surface area contributed by atoms with Crippen LogP contribution in [-0.2, 0) is 43.5 Å². The summed E-state index contributed by atoms with van der Waals surface area (Å²) in [6, 6.07) is 40.2. The Morgan fingerprint density at radius 1 is 0.675 bits per heavy atom. The Balaban J connectivity index is 1.41. The molecule has 5 nitrogen and oxygen atoms in total. The standard InChI is InChI=1S/C35H36O5/c1-2-31(36-23-27-15-7-3-8-16-27)33(38-25-29-19-11-5-12-20-29)34-32(37-24-28-17-9-4-10-18-28)26-39-35(40-34)30-21-13-6-14-22-30/h2-22,31-35H,1,23-26H2/t31-,32-,33-,34-,35+/m1/s1. The van der Waals surface area contributed by atoms with E-state index in [1.165, 1.54) is 0 Å². The van der Waals surface area contributed by atoms with Gasteiger partial charge >= 0.3 is 0 Å². The summed E-state index contributed by atoms with van der Waals surface area (Å²) in [6.45, 7) is 5.71. The molecule has 1 aliphatic heterocycles. The first-order valence-electron chi connectivity index (χ1n) is 13.7. The van der Waals surface area contributed by atoms with E-state index in [0.29, 0.717) is 26.4 Å². The molecule has 0 bridgehead atoms. The first kappa shape index (κ1) is 28.0. The number of benzene rings is 4. The van der Waals surface area contributed by atoms with Crippen LogP contribution in [-0.4, -0.2) is 31.0 Å². The van der Waals surface area contributed by atoms with Crippen LogP contribution in [0.25, 0.3) is 0 Å². The molecule has 4 aromatic carbocycles. The average molecular weight is 537 g/mol. The fourth-order valence-corrected chi connectivity index (χ4v) is 4.75. The van der Waals surface area contributed by atoms with Gasteiger partial charge in [0.1, 0.15) is 24.4 Å². The zero-order chi connectivity index (χ0) is 27.4. The van der Waals surface area contributed by atoms with Gasteiger partial charge in [0.15, 0.2) is 6.29 Å². The molecule has 0 aliphatic carbocycles. The number of hydrogen-bond acceptors (Lipinski definition) is 5. The molecule has 0 saturated carbocycles. The van der Waals surface area contributed by atoms with Crippen LogP contribution in [0, 0.1) is 0 Å². The summed E-state index contributed by atoms with van der Waals surface area (Å²) in [6.07, 6.45) is -0.578. The minimum atomic E-state index is -0.551. The van der Waals surface area contributed by atoms with E-state index in [-0.39, 0.29) is 6.10 Å². The highest BCUT2D eigenvalue weighted by Gasteiger charge is 2.42. The summed E-state index contributed by atoms with van der Waals surface area (Å²) in [5.41, 5.74) is 4.15. The Bertz CT molecular complexity index is 1270. The van der Waals surface area contributed by atoms with E-state index in [4.69, 9.17) is 23.7 Å². The molecule has 40 heavy (non-hydrogen) atoms. The Kier molecular flexibility index (Phi) is 10.3. The van der Waals surface area contributed by atoms with Gasteiger partial charge in [0, 0.05) is 5.56 Å². The second-order valence-corrected chi connectivity index (χ2v) is 9.77. The summed E-state index contributed by atoms with van der Waals surface area (Å²) in [5, 5.41) is 0. The smallest absolute Gasteiger partial charge is 0.184 e. The molecule has 5 heteroatoms. The largest absolute Gasteiger partial charge is 0.368 e. The Morgan fingerprint density at radius 3 is 1.73 bits per heavy atom. The van der Waals surface area contributed by atoms with Crippen LogP contribution in [0.2, 0.25) is 0 Å². The van der Waals surface area contributed by atoms with Crippen molar-refractivity contribution in [1.82, 2.24) is 0 Å². The van der Waals surface area contributed by atoms with E-state index < -0.39 is 24.6 Å². The molecule has 206 valence electrons. The Labute approximate surface area is 236 Å². The van der Waals surface area contributed by atoms with E-state index in [1.54, 1.807) is 6.08 Å². The normalized spacial score (nSPS) is 20.4. The molecular weight excluding hydrogens is 500 g/mol. The second-order valence-electron chi connectivity index (χ2n) is 9.77. The molecule has 1 fully saturated rings. The lowest BCUT2D eigenvalue weighted by atomic mass is 10.0. The third kappa shape index (κ3) is 7.75. The van der Waals surface area contributed by atoms with Crippen LogP contribution in [0.15, 0.2) is 134 Å². The fourth-order valence-electron chi connectivity index (χ4n) is 4.75. The third-order valence-corrected chi connectivity index (χ3v) is 6.89.